The van der Waals surface area contributed by atoms with Crippen LogP contribution in [0.2, 0.25) is 0 Å². The van der Waals surface area contributed by atoms with E-state index in [1.165, 1.54) is 64.7 Å². The van der Waals surface area contributed by atoms with Crippen molar-refractivity contribution in [1.82, 2.24) is 10.2 Å². The zero-order chi connectivity index (χ0) is 10.8. The van der Waals surface area contributed by atoms with Gasteiger partial charge in [0.2, 0.25) is 0 Å². The molecule has 2 atom stereocenters. The van der Waals surface area contributed by atoms with Crippen LogP contribution in [-0.4, -0.2) is 49.3 Å². The van der Waals surface area contributed by atoms with E-state index >= 15 is 0 Å². The molecule has 0 radical (unpaired) electrons. The standard InChI is InChI=1S/C13H24N2O/c1-2-4-11(3-1)14-7-8-15-9-12-5-6-13(10-15)16-12/h11-14H,1-10H2. The summed E-state index contributed by atoms with van der Waals surface area (Å²) in [6.07, 6.45) is 9.33. The number of rotatable bonds is 4. The zero-order valence-corrected chi connectivity index (χ0v) is 10.2. The summed E-state index contributed by atoms with van der Waals surface area (Å²) in [5, 5.41) is 3.70. The monoisotopic (exact) mass is 224 g/mol. The molecular formula is C13H24N2O. The molecule has 92 valence electrons. The summed E-state index contributed by atoms with van der Waals surface area (Å²) in [7, 11) is 0. The molecule has 3 rings (SSSR count). The van der Waals surface area contributed by atoms with Crippen LogP contribution in [0.15, 0.2) is 0 Å². The quantitative estimate of drug-likeness (QED) is 0.781. The molecule has 1 aliphatic carbocycles. The Balaban J connectivity index is 1.35. The van der Waals surface area contributed by atoms with Gasteiger partial charge >= 0.3 is 0 Å². The molecule has 0 aromatic heterocycles. The SMILES string of the molecule is C1CCC(NCCN2CC3CCC(C2)O3)C1. The van der Waals surface area contributed by atoms with E-state index in [4.69, 9.17) is 4.74 Å². The van der Waals surface area contributed by atoms with Crippen molar-refractivity contribution in [3.8, 4) is 0 Å². The summed E-state index contributed by atoms with van der Waals surface area (Å²) in [6.45, 7) is 4.72. The van der Waals surface area contributed by atoms with E-state index < -0.39 is 0 Å². The molecule has 3 heteroatoms. The number of fused-ring (bicyclic) bond motifs is 2. The fourth-order valence-electron chi connectivity index (χ4n) is 3.44. The molecule has 2 bridgehead atoms. The first-order valence-corrected chi connectivity index (χ1v) is 7.01. The molecule has 2 aliphatic heterocycles. The highest BCUT2D eigenvalue weighted by atomic mass is 16.5. The highest BCUT2D eigenvalue weighted by Crippen LogP contribution is 2.25. The predicted octanol–water partition coefficient (Wildman–Crippen LogP) is 1.38. The van der Waals surface area contributed by atoms with Gasteiger partial charge in [-0.3, -0.25) is 4.90 Å². The summed E-state index contributed by atoms with van der Waals surface area (Å²) in [6, 6.07) is 0.817. The van der Waals surface area contributed by atoms with Crippen LogP contribution in [0.3, 0.4) is 0 Å². The van der Waals surface area contributed by atoms with Crippen molar-refractivity contribution in [1.29, 1.82) is 0 Å². The number of ether oxygens (including phenoxy) is 1. The Bertz CT molecular complexity index is 216. The minimum Gasteiger partial charge on any atom is -0.372 e. The highest BCUT2D eigenvalue weighted by Gasteiger charge is 2.33. The number of likely N-dealkylation sites (tertiary alicyclic amines) is 1. The van der Waals surface area contributed by atoms with Crippen molar-refractivity contribution in [2.75, 3.05) is 26.2 Å². The third-order valence-corrected chi connectivity index (χ3v) is 4.34. The fraction of sp³-hybridized carbons (Fsp3) is 1.00. The molecule has 3 fully saturated rings. The molecule has 1 saturated carbocycles. The Hall–Kier alpha value is -0.120. The first-order chi connectivity index (χ1) is 7.90. The van der Waals surface area contributed by atoms with E-state index in [-0.39, 0.29) is 0 Å². The van der Waals surface area contributed by atoms with E-state index in [0.29, 0.717) is 12.2 Å². The topological polar surface area (TPSA) is 24.5 Å². The second-order valence-electron chi connectivity index (χ2n) is 5.65. The van der Waals surface area contributed by atoms with Gasteiger partial charge in [-0.25, -0.2) is 0 Å². The summed E-state index contributed by atoms with van der Waals surface area (Å²) in [4.78, 5) is 2.59. The molecule has 0 aromatic carbocycles. The minimum absolute atomic E-state index is 0.547. The fourth-order valence-corrected chi connectivity index (χ4v) is 3.44. The van der Waals surface area contributed by atoms with Crippen LogP contribution < -0.4 is 5.32 Å². The lowest BCUT2D eigenvalue weighted by Gasteiger charge is -2.32. The normalized spacial score (nSPS) is 36.0. The van der Waals surface area contributed by atoms with Crippen LogP contribution in [0.25, 0.3) is 0 Å². The van der Waals surface area contributed by atoms with Crippen molar-refractivity contribution >= 4 is 0 Å². The maximum Gasteiger partial charge on any atom is 0.0707 e. The zero-order valence-electron chi connectivity index (χ0n) is 10.2. The maximum atomic E-state index is 5.85. The van der Waals surface area contributed by atoms with Gasteiger partial charge in [-0.1, -0.05) is 12.8 Å². The molecule has 2 heterocycles. The Morgan fingerprint density at radius 2 is 1.69 bits per heavy atom. The highest BCUT2D eigenvalue weighted by molar-refractivity contribution is 4.85. The smallest absolute Gasteiger partial charge is 0.0707 e. The van der Waals surface area contributed by atoms with E-state index in [2.05, 4.69) is 10.2 Å². The minimum atomic E-state index is 0.547. The second kappa shape index (κ2) is 5.03. The number of morpholine rings is 1. The third-order valence-electron chi connectivity index (χ3n) is 4.34. The molecule has 3 aliphatic rings. The Kier molecular flexibility index (Phi) is 3.46. The van der Waals surface area contributed by atoms with E-state index in [1.54, 1.807) is 0 Å². The van der Waals surface area contributed by atoms with Gasteiger partial charge < -0.3 is 10.1 Å². The number of nitrogens with one attached hydrogen (secondary N) is 1. The summed E-state index contributed by atoms with van der Waals surface area (Å²) in [5.41, 5.74) is 0. The Morgan fingerprint density at radius 1 is 1.00 bits per heavy atom. The van der Waals surface area contributed by atoms with Crippen molar-refractivity contribution in [2.45, 2.75) is 56.8 Å². The average molecular weight is 224 g/mol. The van der Waals surface area contributed by atoms with E-state index in [1.807, 2.05) is 0 Å². The van der Waals surface area contributed by atoms with Gasteiger partial charge in [-0.15, -0.1) is 0 Å². The molecule has 3 nitrogen and oxygen atoms in total. The molecule has 0 aromatic rings. The van der Waals surface area contributed by atoms with Gasteiger partial charge in [0.15, 0.2) is 0 Å². The summed E-state index contributed by atoms with van der Waals surface area (Å²) >= 11 is 0. The van der Waals surface area contributed by atoms with Crippen LogP contribution in [-0.2, 0) is 4.74 Å². The summed E-state index contributed by atoms with van der Waals surface area (Å²) in [5.74, 6) is 0. The molecular weight excluding hydrogens is 200 g/mol. The van der Waals surface area contributed by atoms with Crippen LogP contribution in [0.4, 0.5) is 0 Å². The largest absolute Gasteiger partial charge is 0.372 e. The van der Waals surface area contributed by atoms with Crippen molar-refractivity contribution in [3.05, 3.63) is 0 Å². The van der Waals surface area contributed by atoms with E-state index in [0.717, 1.165) is 6.04 Å². The van der Waals surface area contributed by atoms with Crippen LogP contribution in [0.5, 0.6) is 0 Å². The second-order valence-corrected chi connectivity index (χ2v) is 5.65. The lowest BCUT2D eigenvalue weighted by atomic mass is 10.2. The van der Waals surface area contributed by atoms with Crippen LogP contribution in [0, 0.1) is 0 Å². The predicted molar refractivity (Wildman–Crippen MR) is 64.6 cm³/mol. The van der Waals surface area contributed by atoms with Gasteiger partial charge in [0.1, 0.15) is 0 Å². The van der Waals surface area contributed by atoms with E-state index in [9.17, 15) is 0 Å². The lowest BCUT2D eigenvalue weighted by molar-refractivity contribution is -0.0377. The van der Waals surface area contributed by atoms with Crippen LogP contribution in [0.1, 0.15) is 38.5 Å². The average Bonchev–Trinajstić information content (AvgIpc) is 2.89. The molecule has 1 N–H and O–H groups in total. The van der Waals surface area contributed by atoms with Gasteiger partial charge in [0.05, 0.1) is 12.2 Å². The van der Waals surface area contributed by atoms with Crippen molar-refractivity contribution < 1.29 is 4.74 Å². The van der Waals surface area contributed by atoms with Crippen molar-refractivity contribution in [2.24, 2.45) is 0 Å². The number of hydrogen-bond donors (Lipinski definition) is 1. The number of hydrogen-bond acceptors (Lipinski definition) is 3. The van der Waals surface area contributed by atoms with Gasteiger partial charge in [-0.05, 0) is 25.7 Å². The molecule has 0 spiro atoms. The molecule has 2 saturated heterocycles. The van der Waals surface area contributed by atoms with Crippen molar-refractivity contribution in [3.63, 3.8) is 0 Å². The first kappa shape index (κ1) is 11.0. The maximum absolute atomic E-state index is 5.85. The van der Waals surface area contributed by atoms with Gasteiger partial charge in [0.25, 0.3) is 0 Å². The lowest BCUT2D eigenvalue weighted by Crippen LogP contribution is -2.45. The van der Waals surface area contributed by atoms with Crippen LogP contribution >= 0.6 is 0 Å². The Labute approximate surface area is 98.5 Å². The summed E-state index contributed by atoms with van der Waals surface area (Å²) < 4.78 is 5.85. The molecule has 16 heavy (non-hydrogen) atoms. The first-order valence-electron chi connectivity index (χ1n) is 7.01. The Morgan fingerprint density at radius 3 is 2.38 bits per heavy atom. The van der Waals surface area contributed by atoms with Gasteiger partial charge in [0, 0.05) is 32.2 Å². The number of nitrogens with zero attached hydrogens (tertiary/aromatic N) is 1. The molecule has 0 amide bonds. The third kappa shape index (κ3) is 2.58. The molecule has 2 unspecified atom stereocenters. The van der Waals surface area contributed by atoms with Gasteiger partial charge in [-0.2, -0.15) is 0 Å².